The molecule has 7 nitrogen and oxygen atoms in total. The summed E-state index contributed by atoms with van der Waals surface area (Å²) in [5, 5.41) is 9.50. The van der Waals surface area contributed by atoms with E-state index in [0.717, 1.165) is 12.8 Å². The molecular formula is C17H28N2O5. The van der Waals surface area contributed by atoms with Crippen molar-refractivity contribution in [2.45, 2.75) is 38.3 Å². The number of methoxy groups -OCH3 is 2. The Balaban J connectivity index is 2.89. The van der Waals surface area contributed by atoms with Crippen molar-refractivity contribution in [3.05, 3.63) is 12.7 Å². The molecular weight excluding hydrogens is 312 g/mol. The minimum Gasteiger partial charge on any atom is -0.359 e. The Labute approximate surface area is 144 Å². The molecule has 0 spiro atoms. The molecule has 0 aromatic carbocycles. The highest BCUT2D eigenvalue weighted by Crippen LogP contribution is 2.32. The maximum absolute atomic E-state index is 13.1. The molecule has 1 heterocycles. The molecule has 0 saturated carbocycles. The first-order valence-electron chi connectivity index (χ1n) is 8.02. The van der Waals surface area contributed by atoms with Gasteiger partial charge in [0.25, 0.3) is 0 Å². The van der Waals surface area contributed by atoms with E-state index in [-0.39, 0.29) is 31.6 Å². The van der Waals surface area contributed by atoms with E-state index < -0.39 is 5.41 Å². The van der Waals surface area contributed by atoms with Gasteiger partial charge in [0.05, 0.1) is 31.4 Å². The lowest BCUT2D eigenvalue weighted by Gasteiger charge is -2.35. The molecule has 136 valence electrons. The fourth-order valence-corrected chi connectivity index (χ4v) is 2.91. The molecule has 0 radical (unpaired) electrons. The number of likely N-dealkylation sites (tertiary alicyclic amines) is 1. The summed E-state index contributed by atoms with van der Waals surface area (Å²) in [7, 11) is 3.10. The Bertz CT molecular complexity index is 433. The van der Waals surface area contributed by atoms with Gasteiger partial charge >= 0.3 is 0 Å². The van der Waals surface area contributed by atoms with E-state index in [9.17, 15) is 10.1 Å². The molecule has 1 rings (SSSR count). The van der Waals surface area contributed by atoms with Crippen molar-refractivity contribution < 1.29 is 23.7 Å². The Morgan fingerprint density at radius 3 is 2.12 bits per heavy atom. The van der Waals surface area contributed by atoms with Crippen LogP contribution in [0.3, 0.4) is 0 Å². The summed E-state index contributed by atoms with van der Waals surface area (Å²) >= 11 is 0. The number of allylic oxidation sites excluding steroid dienone is 1. The van der Waals surface area contributed by atoms with Gasteiger partial charge in [-0.05, 0) is 26.2 Å². The maximum Gasteiger partial charge on any atom is 0.243 e. The highest BCUT2D eigenvalue weighted by Gasteiger charge is 2.44. The van der Waals surface area contributed by atoms with Crippen LogP contribution in [0.25, 0.3) is 0 Å². The monoisotopic (exact) mass is 340 g/mol. The third-order valence-electron chi connectivity index (χ3n) is 4.15. The molecule has 0 unspecified atom stereocenters. The third-order valence-corrected chi connectivity index (χ3v) is 4.15. The minimum absolute atomic E-state index is 0.0960. The molecule has 1 aliphatic rings. The lowest BCUT2D eigenvalue weighted by molar-refractivity contribution is -0.146. The fraction of sp³-hybridized carbons (Fsp3) is 0.765. The minimum atomic E-state index is -1.13. The van der Waals surface area contributed by atoms with Crippen LogP contribution in [-0.2, 0) is 23.7 Å². The number of nitriles is 1. The van der Waals surface area contributed by atoms with E-state index in [1.54, 1.807) is 32.1 Å². The highest BCUT2D eigenvalue weighted by molar-refractivity contribution is 5.86. The second-order valence-corrected chi connectivity index (χ2v) is 6.09. The molecule has 0 aromatic rings. The Hall–Kier alpha value is -1.46. The van der Waals surface area contributed by atoms with Crippen molar-refractivity contribution in [3.63, 3.8) is 0 Å². The van der Waals surface area contributed by atoms with Crippen molar-refractivity contribution in [1.29, 1.82) is 5.26 Å². The number of carbonyl (C=O) groups excluding carboxylic acids is 1. The molecule has 0 aromatic heterocycles. The van der Waals surface area contributed by atoms with Crippen LogP contribution in [-0.4, -0.2) is 63.9 Å². The van der Waals surface area contributed by atoms with Crippen molar-refractivity contribution >= 4 is 5.91 Å². The van der Waals surface area contributed by atoms with Crippen molar-refractivity contribution in [2.75, 3.05) is 41.0 Å². The Morgan fingerprint density at radius 2 is 1.75 bits per heavy atom. The second-order valence-electron chi connectivity index (χ2n) is 6.09. The van der Waals surface area contributed by atoms with E-state index in [1.165, 1.54) is 0 Å². The first kappa shape index (κ1) is 20.6. The predicted molar refractivity (Wildman–Crippen MR) is 87.8 cm³/mol. The van der Waals surface area contributed by atoms with E-state index in [2.05, 4.69) is 12.6 Å². The topological polar surface area (TPSA) is 81.0 Å². The van der Waals surface area contributed by atoms with Gasteiger partial charge < -0.3 is 23.8 Å². The normalized spacial score (nSPS) is 22.8. The van der Waals surface area contributed by atoms with Crippen LogP contribution in [0.5, 0.6) is 0 Å². The molecule has 7 heteroatoms. The van der Waals surface area contributed by atoms with E-state index in [4.69, 9.17) is 18.9 Å². The molecule has 1 amide bonds. The summed E-state index contributed by atoms with van der Waals surface area (Å²) in [6, 6.07) is 1.95. The number of hydrogen-bond acceptors (Lipinski definition) is 6. The summed E-state index contributed by atoms with van der Waals surface area (Å²) in [6.07, 6.45) is 3.50. The van der Waals surface area contributed by atoms with Gasteiger partial charge in [-0.15, -0.1) is 6.58 Å². The second kappa shape index (κ2) is 10.4. The Morgan fingerprint density at radius 1 is 1.25 bits per heavy atom. The predicted octanol–water partition coefficient (Wildman–Crippen LogP) is 1.69. The Kier molecular flexibility index (Phi) is 8.93. The van der Waals surface area contributed by atoms with Crippen LogP contribution >= 0.6 is 0 Å². The zero-order valence-corrected chi connectivity index (χ0v) is 14.8. The standard InChI is InChI=1S/C17H28N2O5/c1-5-8-17(2,11-18)16(20)19-14(9-23-12-21-3)6-7-15(19)10-24-13-22-4/h5,14-15H,1,6-10,12-13H2,2-4H3/t14-,15-,17-/m1/s1. The first-order valence-corrected chi connectivity index (χ1v) is 8.02. The van der Waals surface area contributed by atoms with Crippen molar-refractivity contribution in [3.8, 4) is 6.07 Å². The number of carbonyl (C=O) groups is 1. The van der Waals surface area contributed by atoms with Gasteiger partial charge in [0.1, 0.15) is 19.0 Å². The molecule has 0 N–H and O–H groups in total. The summed E-state index contributed by atoms with van der Waals surface area (Å²) in [4.78, 5) is 14.8. The number of hydrogen-bond donors (Lipinski definition) is 0. The lowest BCUT2D eigenvalue weighted by Crippen LogP contribution is -2.50. The molecule has 1 fully saturated rings. The smallest absolute Gasteiger partial charge is 0.243 e. The molecule has 0 aliphatic carbocycles. The van der Waals surface area contributed by atoms with Gasteiger partial charge in [-0.3, -0.25) is 4.79 Å². The molecule has 3 atom stereocenters. The van der Waals surface area contributed by atoms with E-state index in [1.807, 2.05) is 0 Å². The van der Waals surface area contributed by atoms with Crippen LogP contribution in [0.1, 0.15) is 26.2 Å². The summed E-state index contributed by atoms with van der Waals surface area (Å²) < 4.78 is 20.7. The van der Waals surface area contributed by atoms with Gasteiger partial charge in [0, 0.05) is 14.2 Å². The van der Waals surface area contributed by atoms with Crippen molar-refractivity contribution in [1.82, 2.24) is 4.90 Å². The summed E-state index contributed by atoms with van der Waals surface area (Å²) in [6.45, 7) is 6.39. The largest absolute Gasteiger partial charge is 0.359 e. The van der Waals surface area contributed by atoms with Crippen LogP contribution in [0.2, 0.25) is 0 Å². The molecule has 24 heavy (non-hydrogen) atoms. The highest BCUT2D eigenvalue weighted by atomic mass is 16.7. The number of ether oxygens (including phenoxy) is 4. The van der Waals surface area contributed by atoms with Crippen LogP contribution < -0.4 is 0 Å². The van der Waals surface area contributed by atoms with Gasteiger partial charge in [-0.2, -0.15) is 5.26 Å². The number of rotatable bonds is 11. The third kappa shape index (κ3) is 5.28. The molecule has 0 bridgehead atoms. The average Bonchev–Trinajstić information content (AvgIpc) is 2.97. The zero-order chi connectivity index (χ0) is 18.0. The maximum atomic E-state index is 13.1. The van der Waals surface area contributed by atoms with Gasteiger partial charge in [0.15, 0.2) is 0 Å². The summed E-state index contributed by atoms with van der Waals surface area (Å²) in [5.74, 6) is -0.209. The van der Waals surface area contributed by atoms with E-state index >= 15 is 0 Å². The fourth-order valence-electron chi connectivity index (χ4n) is 2.91. The molecule has 1 aliphatic heterocycles. The quantitative estimate of drug-likeness (QED) is 0.323. The van der Waals surface area contributed by atoms with Gasteiger partial charge in [-0.25, -0.2) is 0 Å². The van der Waals surface area contributed by atoms with Crippen LogP contribution in [0.15, 0.2) is 12.7 Å². The van der Waals surface area contributed by atoms with Crippen LogP contribution in [0.4, 0.5) is 0 Å². The number of nitrogens with zero attached hydrogens (tertiary/aromatic N) is 2. The zero-order valence-electron chi connectivity index (χ0n) is 14.8. The van der Waals surface area contributed by atoms with Crippen LogP contribution in [0, 0.1) is 16.7 Å². The van der Waals surface area contributed by atoms with E-state index in [0.29, 0.717) is 19.6 Å². The number of amides is 1. The van der Waals surface area contributed by atoms with Crippen molar-refractivity contribution in [2.24, 2.45) is 5.41 Å². The molecule has 1 saturated heterocycles. The first-order chi connectivity index (χ1) is 11.5. The summed E-state index contributed by atoms with van der Waals surface area (Å²) in [5.41, 5.74) is -1.13. The lowest BCUT2D eigenvalue weighted by atomic mass is 9.86. The van der Waals surface area contributed by atoms with Gasteiger partial charge in [-0.1, -0.05) is 6.08 Å². The average molecular weight is 340 g/mol. The SMILES string of the molecule is C=CC[C@](C)(C#N)C(=O)N1[C@@H](COCOC)CC[C@@H]1COCOC. The van der Waals surface area contributed by atoms with Gasteiger partial charge in [0.2, 0.25) is 5.91 Å².